The second-order valence-corrected chi connectivity index (χ2v) is 6.02. The molecule has 0 spiro atoms. The summed E-state index contributed by atoms with van der Waals surface area (Å²) < 4.78 is 14.9. The molecule has 5 nitrogen and oxygen atoms in total. The van der Waals surface area contributed by atoms with E-state index in [0.717, 1.165) is 55.7 Å². The van der Waals surface area contributed by atoms with Crippen molar-refractivity contribution in [3.8, 4) is 5.69 Å². The molecule has 2 aromatic rings. The minimum Gasteiger partial charge on any atom is -0.349 e. The van der Waals surface area contributed by atoms with Crippen molar-refractivity contribution in [2.45, 2.75) is 32.6 Å². The molecule has 0 saturated heterocycles. The van der Waals surface area contributed by atoms with Crippen LogP contribution < -0.4 is 10.6 Å². The van der Waals surface area contributed by atoms with Gasteiger partial charge in [-0.15, -0.1) is 0 Å². The zero-order chi connectivity index (χ0) is 16.9. The van der Waals surface area contributed by atoms with E-state index in [9.17, 15) is 9.18 Å². The number of carbonyl (C=O) groups is 1. The normalized spacial score (nSPS) is 13.1. The summed E-state index contributed by atoms with van der Waals surface area (Å²) in [6.45, 7) is 4.39. The average molecular weight is 330 g/mol. The maximum Gasteiger partial charge on any atom is 0.272 e. The highest BCUT2D eigenvalue weighted by atomic mass is 19.1. The Morgan fingerprint density at radius 2 is 2.00 bits per heavy atom. The molecule has 0 bridgehead atoms. The third kappa shape index (κ3) is 3.48. The fourth-order valence-corrected chi connectivity index (χ4v) is 3.07. The molecule has 1 aliphatic rings. The first-order chi connectivity index (χ1) is 11.7. The van der Waals surface area contributed by atoms with E-state index < -0.39 is 0 Å². The van der Waals surface area contributed by atoms with Crippen molar-refractivity contribution in [2.24, 2.45) is 0 Å². The largest absolute Gasteiger partial charge is 0.349 e. The molecule has 6 heteroatoms. The number of carbonyl (C=O) groups excluding carboxylic acids is 1. The molecule has 0 fully saturated rings. The van der Waals surface area contributed by atoms with Crippen LogP contribution in [0.3, 0.4) is 0 Å². The van der Waals surface area contributed by atoms with Crippen molar-refractivity contribution in [3.63, 3.8) is 0 Å². The monoisotopic (exact) mass is 330 g/mol. The molecule has 128 valence electrons. The zero-order valence-electron chi connectivity index (χ0n) is 13.9. The van der Waals surface area contributed by atoms with E-state index in [1.54, 1.807) is 16.8 Å². The Bertz CT molecular complexity index is 709. The molecular formula is C18H23FN4O. The van der Waals surface area contributed by atoms with Crippen molar-refractivity contribution in [2.75, 3.05) is 19.6 Å². The van der Waals surface area contributed by atoms with Crippen LogP contribution in [0.2, 0.25) is 0 Å². The van der Waals surface area contributed by atoms with Crippen molar-refractivity contribution in [1.82, 2.24) is 20.4 Å². The standard InChI is InChI=1S/C18H23FN4O/c1-2-10-20-11-12-21-18(24)17-15-4-3-5-16(15)23(22-17)14-8-6-13(19)7-9-14/h6-9,20H,2-5,10-12H2,1H3,(H,21,24). The Labute approximate surface area is 141 Å². The molecule has 1 aromatic carbocycles. The molecular weight excluding hydrogens is 307 g/mol. The number of aromatic nitrogens is 2. The van der Waals surface area contributed by atoms with Crippen LogP contribution in [-0.4, -0.2) is 35.3 Å². The Hall–Kier alpha value is -2.21. The van der Waals surface area contributed by atoms with Gasteiger partial charge in [0.1, 0.15) is 5.82 Å². The molecule has 0 unspecified atom stereocenters. The molecule has 0 atom stereocenters. The highest BCUT2D eigenvalue weighted by Gasteiger charge is 2.26. The molecule has 3 rings (SSSR count). The van der Waals surface area contributed by atoms with E-state index in [2.05, 4.69) is 22.7 Å². The number of halogens is 1. The number of nitrogens with one attached hydrogen (secondary N) is 2. The van der Waals surface area contributed by atoms with Crippen LogP contribution in [0.25, 0.3) is 5.69 Å². The third-order valence-electron chi connectivity index (χ3n) is 4.23. The number of amides is 1. The lowest BCUT2D eigenvalue weighted by molar-refractivity contribution is 0.0947. The van der Waals surface area contributed by atoms with Gasteiger partial charge in [-0.3, -0.25) is 4.79 Å². The van der Waals surface area contributed by atoms with Gasteiger partial charge in [0, 0.05) is 24.3 Å². The van der Waals surface area contributed by atoms with E-state index >= 15 is 0 Å². The Kier molecular flexibility index (Phi) is 5.25. The number of hydrogen-bond acceptors (Lipinski definition) is 3. The molecule has 1 heterocycles. The fourth-order valence-electron chi connectivity index (χ4n) is 3.07. The van der Waals surface area contributed by atoms with Crippen molar-refractivity contribution < 1.29 is 9.18 Å². The van der Waals surface area contributed by atoms with Crippen molar-refractivity contribution in [1.29, 1.82) is 0 Å². The molecule has 0 aliphatic heterocycles. The fraction of sp³-hybridized carbons (Fsp3) is 0.444. The minimum atomic E-state index is -0.278. The van der Waals surface area contributed by atoms with Crippen LogP contribution in [0.1, 0.15) is 41.5 Å². The second kappa shape index (κ2) is 7.57. The first-order valence-electron chi connectivity index (χ1n) is 8.56. The SMILES string of the molecule is CCCNCCNC(=O)c1nn(-c2ccc(F)cc2)c2c1CCC2. The number of nitrogens with zero attached hydrogens (tertiary/aromatic N) is 2. The van der Waals surface area contributed by atoms with Gasteiger partial charge in [-0.1, -0.05) is 6.92 Å². The molecule has 1 aromatic heterocycles. The van der Waals surface area contributed by atoms with Gasteiger partial charge in [0.25, 0.3) is 5.91 Å². The van der Waals surface area contributed by atoms with Gasteiger partial charge in [0.2, 0.25) is 0 Å². The number of rotatable bonds is 7. The maximum absolute atomic E-state index is 13.1. The van der Waals surface area contributed by atoms with Gasteiger partial charge in [-0.05, 0) is 56.5 Å². The molecule has 24 heavy (non-hydrogen) atoms. The lowest BCUT2D eigenvalue weighted by Gasteiger charge is -2.06. The number of benzene rings is 1. The summed E-state index contributed by atoms with van der Waals surface area (Å²) in [5.74, 6) is -0.410. The maximum atomic E-state index is 13.1. The summed E-state index contributed by atoms with van der Waals surface area (Å²) >= 11 is 0. The molecule has 1 aliphatic carbocycles. The van der Waals surface area contributed by atoms with Gasteiger partial charge in [0.05, 0.1) is 5.69 Å². The Balaban J connectivity index is 1.76. The lowest BCUT2D eigenvalue weighted by atomic mass is 10.2. The summed E-state index contributed by atoms with van der Waals surface area (Å²) in [6.07, 6.45) is 3.86. The summed E-state index contributed by atoms with van der Waals surface area (Å²) in [7, 11) is 0. The van der Waals surface area contributed by atoms with Gasteiger partial charge < -0.3 is 10.6 Å². The zero-order valence-corrected chi connectivity index (χ0v) is 13.9. The summed E-state index contributed by atoms with van der Waals surface area (Å²) in [6, 6.07) is 6.21. The predicted octanol–water partition coefficient (Wildman–Crippen LogP) is 2.23. The van der Waals surface area contributed by atoms with Crippen LogP contribution in [0.5, 0.6) is 0 Å². The Morgan fingerprint density at radius 3 is 2.75 bits per heavy atom. The van der Waals surface area contributed by atoms with E-state index in [0.29, 0.717) is 12.2 Å². The molecule has 0 radical (unpaired) electrons. The van der Waals surface area contributed by atoms with Crippen LogP contribution in [-0.2, 0) is 12.8 Å². The summed E-state index contributed by atoms with van der Waals surface area (Å²) in [5.41, 5.74) is 3.38. The van der Waals surface area contributed by atoms with E-state index in [1.165, 1.54) is 12.1 Å². The quantitative estimate of drug-likeness (QED) is 0.766. The predicted molar refractivity (Wildman–Crippen MR) is 91.0 cm³/mol. The van der Waals surface area contributed by atoms with E-state index in [4.69, 9.17) is 0 Å². The minimum absolute atomic E-state index is 0.132. The van der Waals surface area contributed by atoms with Crippen LogP contribution in [0.15, 0.2) is 24.3 Å². The van der Waals surface area contributed by atoms with E-state index in [1.807, 2.05) is 0 Å². The van der Waals surface area contributed by atoms with E-state index in [-0.39, 0.29) is 11.7 Å². The number of hydrogen-bond donors (Lipinski definition) is 2. The van der Waals surface area contributed by atoms with Gasteiger partial charge in [0.15, 0.2) is 5.69 Å². The first-order valence-corrected chi connectivity index (χ1v) is 8.56. The van der Waals surface area contributed by atoms with Crippen molar-refractivity contribution in [3.05, 3.63) is 47.0 Å². The smallest absolute Gasteiger partial charge is 0.272 e. The second-order valence-electron chi connectivity index (χ2n) is 6.02. The van der Waals surface area contributed by atoms with Gasteiger partial charge in [-0.25, -0.2) is 9.07 Å². The number of fused-ring (bicyclic) bond motifs is 1. The highest BCUT2D eigenvalue weighted by molar-refractivity contribution is 5.94. The van der Waals surface area contributed by atoms with Crippen LogP contribution >= 0.6 is 0 Å². The molecule has 1 amide bonds. The summed E-state index contributed by atoms with van der Waals surface area (Å²) in [5, 5.41) is 10.7. The highest BCUT2D eigenvalue weighted by Crippen LogP contribution is 2.27. The third-order valence-corrected chi connectivity index (χ3v) is 4.23. The molecule has 0 saturated carbocycles. The molecule has 2 N–H and O–H groups in total. The topological polar surface area (TPSA) is 58.9 Å². The van der Waals surface area contributed by atoms with Crippen molar-refractivity contribution >= 4 is 5.91 Å². The van der Waals surface area contributed by atoms with Gasteiger partial charge in [-0.2, -0.15) is 5.10 Å². The average Bonchev–Trinajstić information content (AvgIpc) is 3.18. The lowest BCUT2D eigenvalue weighted by Crippen LogP contribution is -2.32. The summed E-state index contributed by atoms with van der Waals surface area (Å²) in [4.78, 5) is 12.5. The first kappa shape index (κ1) is 16.6. The van der Waals surface area contributed by atoms with Gasteiger partial charge >= 0.3 is 0 Å². The van der Waals surface area contributed by atoms with Crippen LogP contribution in [0.4, 0.5) is 4.39 Å². The van der Waals surface area contributed by atoms with Crippen LogP contribution in [0, 0.1) is 5.82 Å². The Morgan fingerprint density at radius 1 is 1.21 bits per heavy atom.